The van der Waals surface area contributed by atoms with Gasteiger partial charge in [-0.15, -0.1) is 0 Å². The number of aromatic amines is 1. The Balaban J connectivity index is 1.39. The standard InChI is InChI=1S/C31H33N5O8S/c1-31(2,3)44-29(40)35-23(15-20-16-32-17-33-20)26(37)34-24(28(39)42-4)13-18-5-9-21(10-6-18)43-22-11-7-19(8-12-22)14-25-27(38)36-30(41)45-25/h5-12,14,16-17,23-24H,13,15H2,1-4H3,(H,32,33)(H,34,37)(H,35,40)(H,36,38,41)/b25-14-. The first kappa shape index (κ1) is 32.8. The van der Waals surface area contributed by atoms with Gasteiger partial charge in [-0.05, 0) is 74.0 Å². The zero-order chi connectivity index (χ0) is 32.6. The summed E-state index contributed by atoms with van der Waals surface area (Å²) < 4.78 is 16.2. The number of hydrogen-bond acceptors (Lipinski definition) is 10. The van der Waals surface area contributed by atoms with Crippen LogP contribution in [0.25, 0.3) is 6.08 Å². The molecule has 4 amide bonds. The minimum absolute atomic E-state index is 0.0808. The summed E-state index contributed by atoms with van der Waals surface area (Å²) in [5.41, 5.74) is 1.27. The van der Waals surface area contributed by atoms with Crippen molar-refractivity contribution in [2.45, 2.75) is 51.3 Å². The Labute approximate surface area is 263 Å². The molecule has 236 valence electrons. The second-order valence-electron chi connectivity index (χ2n) is 10.9. The fourth-order valence-corrected chi connectivity index (χ4v) is 4.84. The van der Waals surface area contributed by atoms with Crippen molar-refractivity contribution in [3.8, 4) is 11.5 Å². The summed E-state index contributed by atoms with van der Waals surface area (Å²) in [7, 11) is 1.22. The molecule has 0 saturated carbocycles. The quantitative estimate of drug-likeness (QED) is 0.179. The third-order valence-corrected chi connectivity index (χ3v) is 7.02. The number of hydrogen-bond donors (Lipinski definition) is 4. The van der Waals surface area contributed by atoms with Gasteiger partial charge in [-0.25, -0.2) is 14.6 Å². The molecule has 4 N–H and O–H groups in total. The Morgan fingerprint density at radius 1 is 0.956 bits per heavy atom. The summed E-state index contributed by atoms with van der Waals surface area (Å²) in [6, 6.07) is 11.8. The summed E-state index contributed by atoms with van der Waals surface area (Å²) in [6.45, 7) is 5.12. The summed E-state index contributed by atoms with van der Waals surface area (Å²) in [6.07, 6.45) is 4.01. The molecule has 1 aliphatic heterocycles. The van der Waals surface area contributed by atoms with E-state index in [0.29, 0.717) is 27.7 Å². The van der Waals surface area contributed by atoms with Crippen molar-refractivity contribution in [2.24, 2.45) is 0 Å². The van der Waals surface area contributed by atoms with Crippen LogP contribution in [0.3, 0.4) is 0 Å². The first-order valence-electron chi connectivity index (χ1n) is 13.8. The van der Waals surface area contributed by atoms with Crippen LogP contribution < -0.4 is 20.7 Å². The van der Waals surface area contributed by atoms with Crippen LogP contribution in [0.5, 0.6) is 11.5 Å². The second kappa shape index (κ2) is 14.6. The van der Waals surface area contributed by atoms with E-state index in [4.69, 9.17) is 14.2 Å². The van der Waals surface area contributed by atoms with Gasteiger partial charge in [0.2, 0.25) is 5.91 Å². The van der Waals surface area contributed by atoms with Crippen molar-refractivity contribution < 1.29 is 38.2 Å². The molecule has 2 atom stereocenters. The molecule has 1 fully saturated rings. The highest BCUT2D eigenvalue weighted by molar-refractivity contribution is 8.18. The fourth-order valence-electron chi connectivity index (χ4n) is 4.15. The van der Waals surface area contributed by atoms with Gasteiger partial charge in [-0.2, -0.15) is 0 Å². The Kier molecular flexibility index (Phi) is 10.6. The van der Waals surface area contributed by atoms with Crippen molar-refractivity contribution in [3.05, 3.63) is 82.8 Å². The molecule has 1 aliphatic rings. The van der Waals surface area contributed by atoms with Crippen LogP contribution in [0.2, 0.25) is 0 Å². The first-order valence-corrected chi connectivity index (χ1v) is 14.7. The molecule has 2 unspecified atom stereocenters. The van der Waals surface area contributed by atoms with E-state index in [-0.39, 0.29) is 12.8 Å². The smallest absolute Gasteiger partial charge is 0.408 e. The highest BCUT2D eigenvalue weighted by atomic mass is 32.2. The predicted octanol–water partition coefficient (Wildman–Crippen LogP) is 3.86. The molecule has 0 spiro atoms. The number of H-pyrrole nitrogens is 1. The van der Waals surface area contributed by atoms with Crippen LogP contribution in [0, 0.1) is 0 Å². The number of nitrogens with zero attached hydrogens (tertiary/aromatic N) is 1. The van der Waals surface area contributed by atoms with Crippen LogP contribution >= 0.6 is 11.8 Å². The molecular weight excluding hydrogens is 602 g/mol. The van der Waals surface area contributed by atoms with Crippen molar-refractivity contribution in [1.82, 2.24) is 25.9 Å². The number of carbonyl (C=O) groups excluding carboxylic acids is 5. The van der Waals surface area contributed by atoms with Gasteiger partial charge in [0.1, 0.15) is 29.2 Å². The minimum atomic E-state index is -1.07. The van der Waals surface area contributed by atoms with E-state index >= 15 is 0 Å². The average molecular weight is 636 g/mol. The van der Waals surface area contributed by atoms with Crippen molar-refractivity contribution in [3.63, 3.8) is 0 Å². The van der Waals surface area contributed by atoms with Crippen molar-refractivity contribution in [1.29, 1.82) is 0 Å². The number of alkyl carbamates (subject to hydrolysis) is 1. The van der Waals surface area contributed by atoms with E-state index in [1.807, 2.05) is 0 Å². The third-order valence-electron chi connectivity index (χ3n) is 6.21. The molecule has 13 nitrogen and oxygen atoms in total. The molecule has 2 aromatic carbocycles. The number of ether oxygens (including phenoxy) is 3. The van der Waals surface area contributed by atoms with Gasteiger partial charge in [-0.3, -0.25) is 19.7 Å². The topological polar surface area (TPSA) is 178 Å². The molecule has 0 bridgehead atoms. The van der Waals surface area contributed by atoms with Crippen molar-refractivity contribution in [2.75, 3.05) is 7.11 Å². The highest BCUT2D eigenvalue weighted by Gasteiger charge is 2.30. The number of rotatable bonds is 11. The first-order chi connectivity index (χ1) is 21.4. The number of esters is 1. The molecule has 14 heteroatoms. The Hall–Kier alpha value is -5.11. The number of methoxy groups -OCH3 is 1. The van der Waals surface area contributed by atoms with E-state index in [2.05, 4.69) is 25.9 Å². The maximum absolute atomic E-state index is 13.3. The Bertz CT molecular complexity index is 1560. The fraction of sp³-hybridized carbons (Fsp3) is 0.290. The largest absolute Gasteiger partial charge is 0.467 e. The van der Waals surface area contributed by atoms with E-state index in [9.17, 15) is 24.0 Å². The van der Waals surface area contributed by atoms with Crippen LogP contribution in [0.1, 0.15) is 37.6 Å². The lowest BCUT2D eigenvalue weighted by Crippen LogP contribution is -2.54. The Morgan fingerprint density at radius 3 is 2.18 bits per heavy atom. The number of aromatic nitrogens is 2. The van der Waals surface area contributed by atoms with Gasteiger partial charge in [-0.1, -0.05) is 24.3 Å². The molecule has 3 aromatic rings. The van der Waals surface area contributed by atoms with Crippen LogP contribution in [-0.2, 0) is 36.7 Å². The van der Waals surface area contributed by atoms with Gasteiger partial charge in [0.15, 0.2) is 0 Å². The van der Waals surface area contributed by atoms with E-state index < -0.39 is 46.8 Å². The number of carbonyl (C=O) groups is 5. The van der Waals surface area contributed by atoms with Gasteiger partial charge >= 0.3 is 12.1 Å². The lowest BCUT2D eigenvalue weighted by atomic mass is 10.0. The molecule has 45 heavy (non-hydrogen) atoms. The molecule has 0 aliphatic carbocycles. The number of benzene rings is 2. The number of imide groups is 1. The summed E-state index contributed by atoms with van der Waals surface area (Å²) in [4.78, 5) is 68.7. The Morgan fingerprint density at radius 2 is 1.62 bits per heavy atom. The number of imidazole rings is 1. The SMILES string of the molecule is COC(=O)C(Cc1ccc(Oc2ccc(/C=C3\SC(=O)NC3=O)cc2)cc1)NC(=O)C(Cc1cnc[nH]1)NC(=O)OC(C)(C)C. The molecule has 2 heterocycles. The third kappa shape index (κ3) is 9.96. The number of nitrogens with one attached hydrogen (secondary N) is 4. The van der Waals surface area contributed by atoms with Gasteiger partial charge < -0.3 is 29.8 Å². The van der Waals surface area contributed by atoms with Gasteiger partial charge in [0.25, 0.3) is 11.1 Å². The predicted molar refractivity (Wildman–Crippen MR) is 165 cm³/mol. The van der Waals surface area contributed by atoms with E-state index in [0.717, 1.165) is 17.3 Å². The summed E-state index contributed by atoms with van der Waals surface area (Å²) in [5, 5.41) is 7.07. The molecule has 1 saturated heterocycles. The monoisotopic (exact) mass is 635 g/mol. The van der Waals surface area contributed by atoms with E-state index in [1.165, 1.54) is 19.6 Å². The van der Waals surface area contributed by atoms with Crippen LogP contribution in [-0.4, -0.2) is 63.9 Å². The average Bonchev–Trinajstić information content (AvgIpc) is 3.61. The molecular formula is C31H33N5O8S. The van der Waals surface area contributed by atoms with E-state index in [1.54, 1.807) is 75.4 Å². The summed E-state index contributed by atoms with van der Waals surface area (Å²) in [5.74, 6) is -0.616. The second-order valence-corrected chi connectivity index (χ2v) is 12.0. The van der Waals surface area contributed by atoms with Crippen LogP contribution in [0.15, 0.2) is 66.0 Å². The number of thioether (sulfide) groups is 1. The van der Waals surface area contributed by atoms with Gasteiger partial charge in [0.05, 0.1) is 18.3 Å². The van der Waals surface area contributed by atoms with Crippen molar-refractivity contribution >= 4 is 47.0 Å². The van der Waals surface area contributed by atoms with Crippen LogP contribution in [0.4, 0.5) is 9.59 Å². The maximum Gasteiger partial charge on any atom is 0.408 e. The normalized spacial score (nSPS) is 15.2. The summed E-state index contributed by atoms with van der Waals surface area (Å²) >= 11 is 0.845. The lowest BCUT2D eigenvalue weighted by molar-refractivity contribution is -0.145. The number of amides is 4. The minimum Gasteiger partial charge on any atom is -0.467 e. The zero-order valence-electron chi connectivity index (χ0n) is 25.0. The maximum atomic E-state index is 13.3. The van der Waals surface area contributed by atoms with Gasteiger partial charge in [0, 0.05) is 24.7 Å². The molecule has 4 rings (SSSR count). The lowest BCUT2D eigenvalue weighted by Gasteiger charge is -2.24. The zero-order valence-corrected chi connectivity index (χ0v) is 25.9. The molecule has 1 aromatic heterocycles. The molecule has 0 radical (unpaired) electrons. The highest BCUT2D eigenvalue weighted by Crippen LogP contribution is 2.27.